The molecular weight excluding hydrogens is 236 g/mol. The Kier molecular flexibility index (Phi) is 4.32. The molecule has 0 aliphatic rings. The fraction of sp³-hybridized carbons (Fsp3) is 0.467. The summed E-state index contributed by atoms with van der Waals surface area (Å²) in [6, 6.07) is 6.04. The number of rotatable bonds is 5. The normalized spacial score (nSPS) is 14.6. The van der Waals surface area contributed by atoms with Gasteiger partial charge >= 0.3 is 0 Å². The van der Waals surface area contributed by atoms with Crippen LogP contribution in [0.5, 0.6) is 0 Å². The van der Waals surface area contributed by atoms with Crippen molar-refractivity contribution < 1.29 is 0 Å². The van der Waals surface area contributed by atoms with Crippen molar-refractivity contribution in [3.05, 3.63) is 48.3 Å². The molecule has 0 spiro atoms. The first-order valence-electron chi connectivity index (χ1n) is 6.84. The van der Waals surface area contributed by atoms with Crippen LogP contribution in [-0.2, 0) is 0 Å². The van der Waals surface area contributed by atoms with E-state index in [1.165, 1.54) is 0 Å². The van der Waals surface area contributed by atoms with Gasteiger partial charge in [0.25, 0.3) is 0 Å². The lowest BCUT2D eigenvalue weighted by Gasteiger charge is -2.26. The molecule has 0 aliphatic heterocycles. The van der Waals surface area contributed by atoms with Gasteiger partial charge in [-0.05, 0) is 18.6 Å². The number of nitrogens with two attached hydrogens (primary N) is 1. The molecule has 2 atom stereocenters. The van der Waals surface area contributed by atoms with E-state index in [2.05, 4.69) is 35.3 Å². The van der Waals surface area contributed by atoms with Gasteiger partial charge in [-0.1, -0.05) is 26.8 Å². The monoisotopic (exact) mass is 258 g/mol. The van der Waals surface area contributed by atoms with Gasteiger partial charge in [-0.3, -0.25) is 4.98 Å². The molecule has 19 heavy (non-hydrogen) atoms. The summed E-state index contributed by atoms with van der Waals surface area (Å²) >= 11 is 0. The summed E-state index contributed by atoms with van der Waals surface area (Å²) in [6.45, 7) is 6.39. The standard InChI is InChI=1S/C15H22N4/c1-4-12(16)14(13-7-5-6-8-17-13)19-10-9-18-15(19)11(2)3/h5-12,14H,4,16H2,1-3H3. The van der Waals surface area contributed by atoms with E-state index in [1.54, 1.807) is 0 Å². The molecule has 0 aromatic carbocycles. The third kappa shape index (κ3) is 2.84. The predicted octanol–water partition coefficient (Wildman–Crippen LogP) is 2.73. The molecule has 0 bridgehead atoms. The quantitative estimate of drug-likeness (QED) is 0.897. The van der Waals surface area contributed by atoms with Crippen LogP contribution in [0, 0.1) is 0 Å². The molecule has 0 amide bonds. The average Bonchev–Trinajstić information content (AvgIpc) is 2.89. The number of imidazole rings is 1. The molecule has 0 saturated heterocycles. The van der Waals surface area contributed by atoms with Gasteiger partial charge in [0.15, 0.2) is 0 Å². The van der Waals surface area contributed by atoms with Crippen LogP contribution < -0.4 is 5.73 Å². The minimum Gasteiger partial charge on any atom is -0.326 e. The van der Waals surface area contributed by atoms with Crippen molar-refractivity contribution in [1.82, 2.24) is 14.5 Å². The maximum Gasteiger partial charge on any atom is 0.111 e. The third-order valence-electron chi connectivity index (χ3n) is 3.38. The van der Waals surface area contributed by atoms with Gasteiger partial charge in [-0.15, -0.1) is 0 Å². The fourth-order valence-corrected chi connectivity index (χ4v) is 2.35. The van der Waals surface area contributed by atoms with Gasteiger partial charge in [0.1, 0.15) is 5.82 Å². The molecule has 2 unspecified atom stereocenters. The van der Waals surface area contributed by atoms with Crippen molar-refractivity contribution in [3.63, 3.8) is 0 Å². The summed E-state index contributed by atoms with van der Waals surface area (Å²) in [7, 11) is 0. The lowest BCUT2D eigenvalue weighted by molar-refractivity contribution is 0.431. The van der Waals surface area contributed by atoms with Crippen molar-refractivity contribution >= 4 is 0 Å². The number of hydrogen-bond acceptors (Lipinski definition) is 3. The first-order chi connectivity index (χ1) is 9.15. The Hall–Kier alpha value is -1.68. The lowest BCUT2D eigenvalue weighted by Crippen LogP contribution is -2.33. The molecule has 4 nitrogen and oxygen atoms in total. The smallest absolute Gasteiger partial charge is 0.111 e. The molecule has 4 heteroatoms. The minimum absolute atomic E-state index is 0.0293. The first kappa shape index (κ1) is 13.7. The number of pyridine rings is 1. The second-order valence-corrected chi connectivity index (χ2v) is 5.12. The zero-order valence-corrected chi connectivity index (χ0v) is 11.8. The Morgan fingerprint density at radius 3 is 2.58 bits per heavy atom. The Morgan fingerprint density at radius 2 is 2.00 bits per heavy atom. The molecule has 2 aromatic heterocycles. The van der Waals surface area contributed by atoms with Crippen LogP contribution in [0.2, 0.25) is 0 Å². The van der Waals surface area contributed by atoms with Crippen LogP contribution in [0.25, 0.3) is 0 Å². The van der Waals surface area contributed by atoms with E-state index in [0.717, 1.165) is 17.9 Å². The van der Waals surface area contributed by atoms with Crippen LogP contribution in [0.1, 0.15) is 50.7 Å². The highest BCUT2D eigenvalue weighted by molar-refractivity contribution is 5.15. The number of aromatic nitrogens is 3. The zero-order valence-electron chi connectivity index (χ0n) is 11.8. The molecule has 2 N–H and O–H groups in total. The summed E-state index contributed by atoms with van der Waals surface area (Å²) in [6.07, 6.45) is 6.56. The van der Waals surface area contributed by atoms with Crippen molar-refractivity contribution in [2.75, 3.05) is 0 Å². The summed E-state index contributed by atoms with van der Waals surface area (Å²) in [5, 5.41) is 0. The molecule has 0 radical (unpaired) electrons. The predicted molar refractivity (Wildman–Crippen MR) is 77.0 cm³/mol. The van der Waals surface area contributed by atoms with Crippen molar-refractivity contribution in [1.29, 1.82) is 0 Å². The highest BCUT2D eigenvalue weighted by Gasteiger charge is 2.24. The van der Waals surface area contributed by atoms with E-state index < -0.39 is 0 Å². The Bertz CT molecular complexity index is 504. The molecule has 0 aliphatic carbocycles. The van der Waals surface area contributed by atoms with E-state index in [-0.39, 0.29) is 12.1 Å². The van der Waals surface area contributed by atoms with Crippen LogP contribution in [0.15, 0.2) is 36.8 Å². The third-order valence-corrected chi connectivity index (χ3v) is 3.38. The Labute approximate surface area is 114 Å². The molecule has 0 fully saturated rings. The summed E-state index contributed by atoms with van der Waals surface area (Å²) in [5.41, 5.74) is 7.32. The summed E-state index contributed by atoms with van der Waals surface area (Å²) in [4.78, 5) is 8.93. The van der Waals surface area contributed by atoms with E-state index in [0.29, 0.717) is 5.92 Å². The van der Waals surface area contributed by atoms with Crippen molar-refractivity contribution in [2.45, 2.75) is 45.2 Å². The highest BCUT2D eigenvalue weighted by atomic mass is 15.1. The van der Waals surface area contributed by atoms with Gasteiger partial charge in [0, 0.05) is 30.6 Å². The lowest BCUT2D eigenvalue weighted by atomic mass is 10.0. The van der Waals surface area contributed by atoms with Crippen LogP contribution in [0.4, 0.5) is 0 Å². The zero-order chi connectivity index (χ0) is 13.8. The molecule has 2 aromatic rings. The van der Waals surface area contributed by atoms with Gasteiger partial charge in [-0.25, -0.2) is 4.98 Å². The van der Waals surface area contributed by atoms with E-state index in [9.17, 15) is 0 Å². The van der Waals surface area contributed by atoms with Gasteiger partial charge in [0.2, 0.25) is 0 Å². The van der Waals surface area contributed by atoms with E-state index in [4.69, 9.17) is 5.73 Å². The molecule has 102 valence electrons. The van der Waals surface area contributed by atoms with E-state index >= 15 is 0 Å². The van der Waals surface area contributed by atoms with Gasteiger partial charge in [0.05, 0.1) is 11.7 Å². The maximum atomic E-state index is 6.32. The average molecular weight is 258 g/mol. The van der Waals surface area contributed by atoms with E-state index in [1.807, 2.05) is 36.8 Å². The van der Waals surface area contributed by atoms with Crippen LogP contribution in [-0.4, -0.2) is 20.6 Å². The molecular formula is C15H22N4. The van der Waals surface area contributed by atoms with Gasteiger partial charge < -0.3 is 10.3 Å². The highest BCUT2D eigenvalue weighted by Crippen LogP contribution is 2.25. The fourth-order valence-electron chi connectivity index (χ4n) is 2.35. The minimum atomic E-state index is 0.0293. The number of nitrogens with zero attached hydrogens (tertiary/aromatic N) is 3. The molecule has 2 rings (SSSR count). The maximum absolute atomic E-state index is 6.32. The largest absolute Gasteiger partial charge is 0.326 e. The second-order valence-electron chi connectivity index (χ2n) is 5.12. The Morgan fingerprint density at radius 1 is 1.21 bits per heavy atom. The SMILES string of the molecule is CCC(N)C(c1ccccn1)n1ccnc1C(C)C. The first-order valence-corrected chi connectivity index (χ1v) is 6.84. The van der Waals surface area contributed by atoms with Crippen LogP contribution in [0.3, 0.4) is 0 Å². The van der Waals surface area contributed by atoms with Crippen LogP contribution >= 0.6 is 0 Å². The molecule has 2 heterocycles. The summed E-state index contributed by atoms with van der Waals surface area (Å²) < 4.78 is 2.17. The number of hydrogen-bond donors (Lipinski definition) is 1. The molecule has 0 saturated carbocycles. The van der Waals surface area contributed by atoms with Gasteiger partial charge in [-0.2, -0.15) is 0 Å². The summed E-state index contributed by atoms with van der Waals surface area (Å²) in [5.74, 6) is 1.42. The second kappa shape index (κ2) is 5.97. The topological polar surface area (TPSA) is 56.7 Å². The van der Waals surface area contributed by atoms with Crippen molar-refractivity contribution in [2.24, 2.45) is 5.73 Å². The Balaban J connectivity index is 2.47. The van der Waals surface area contributed by atoms with Crippen molar-refractivity contribution in [3.8, 4) is 0 Å².